The predicted molar refractivity (Wildman–Crippen MR) is 100 cm³/mol. The Kier molecular flexibility index (Phi) is 4.90. The summed E-state index contributed by atoms with van der Waals surface area (Å²) in [6.07, 6.45) is 1.43. The number of ether oxygens (including phenoxy) is 2. The minimum absolute atomic E-state index is 0.0808. The molecule has 0 amide bonds. The van der Waals surface area contributed by atoms with E-state index in [2.05, 4.69) is 20.5 Å². The fraction of sp³-hybridized carbons (Fsp3) is 0.118. The molecule has 0 N–H and O–H groups in total. The van der Waals surface area contributed by atoms with Crippen LogP contribution in [0, 0.1) is 0 Å². The highest BCUT2D eigenvalue weighted by Gasteiger charge is 2.18. The first-order chi connectivity index (χ1) is 13.3. The molecule has 0 aliphatic rings. The van der Waals surface area contributed by atoms with Crippen LogP contribution in [0.25, 0.3) is 16.3 Å². The number of rotatable bonds is 6. The van der Waals surface area contributed by atoms with Gasteiger partial charge in [0.05, 0.1) is 24.1 Å². The van der Waals surface area contributed by atoms with Crippen LogP contribution in [0.5, 0.6) is 5.75 Å². The van der Waals surface area contributed by atoms with Crippen molar-refractivity contribution in [3.05, 3.63) is 58.0 Å². The smallest absolute Gasteiger partial charge is 0.350 e. The molecule has 1 aromatic carbocycles. The first-order valence-corrected chi connectivity index (χ1v) is 9.58. The van der Waals surface area contributed by atoms with E-state index in [1.165, 1.54) is 33.7 Å². The van der Waals surface area contributed by atoms with Crippen LogP contribution < -0.4 is 4.74 Å². The minimum atomic E-state index is -0.442. The number of carbonyl (C=O) groups is 1. The number of thiazole rings is 1. The number of tetrazole rings is 1. The van der Waals surface area contributed by atoms with E-state index in [0.29, 0.717) is 16.3 Å². The molecule has 0 saturated heterocycles. The number of methoxy groups -OCH3 is 1. The molecule has 0 unspecified atom stereocenters. The van der Waals surface area contributed by atoms with E-state index < -0.39 is 5.97 Å². The fourth-order valence-corrected chi connectivity index (χ4v) is 4.04. The lowest BCUT2D eigenvalue weighted by molar-refractivity contribution is 0.0474. The van der Waals surface area contributed by atoms with Crippen LogP contribution in [0.3, 0.4) is 0 Å². The zero-order chi connectivity index (χ0) is 18.6. The van der Waals surface area contributed by atoms with Crippen LogP contribution >= 0.6 is 22.7 Å². The zero-order valence-corrected chi connectivity index (χ0v) is 15.7. The summed E-state index contributed by atoms with van der Waals surface area (Å²) in [6, 6.07) is 9.42. The Bertz CT molecular complexity index is 1060. The number of carbonyl (C=O) groups excluding carboxylic acids is 1. The molecule has 3 heterocycles. The topological polar surface area (TPSA) is 92.0 Å². The molecule has 0 fully saturated rings. The Morgan fingerprint density at radius 1 is 1.22 bits per heavy atom. The van der Waals surface area contributed by atoms with Crippen molar-refractivity contribution in [1.29, 1.82) is 0 Å². The molecule has 4 aromatic rings. The summed E-state index contributed by atoms with van der Waals surface area (Å²) in [4.78, 5) is 17.4. The number of nitrogens with zero attached hydrogens (tertiary/aromatic N) is 5. The largest absolute Gasteiger partial charge is 0.496 e. The van der Waals surface area contributed by atoms with Gasteiger partial charge in [0, 0.05) is 5.38 Å². The molecule has 10 heteroatoms. The molecule has 8 nitrogen and oxygen atoms in total. The third kappa shape index (κ3) is 3.57. The summed E-state index contributed by atoms with van der Waals surface area (Å²) in [7, 11) is 1.62. The Balaban J connectivity index is 1.47. The van der Waals surface area contributed by atoms with Crippen LogP contribution in [-0.2, 0) is 11.3 Å². The normalized spacial score (nSPS) is 10.7. The van der Waals surface area contributed by atoms with E-state index in [-0.39, 0.29) is 6.61 Å². The van der Waals surface area contributed by atoms with Crippen molar-refractivity contribution in [3.8, 4) is 22.0 Å². The highest BCUT2D eigenvalue weighted by Crippen LogP contribution is 2.32. The summed E-state index contributed by atoms with van der Waals surface area (Å²) in [5, 5.41) is 15.4. The van der Waals surface area contributed by atoms with Crippen LogP contribution in [0.2, 0.25) is 0 Å². The van der Waals surface area contributed by atoms with Crippen molar-refractivity contribution >= 4 is 28.6 Å². The van der Waals surface area contributed by atoms with Gasteiger partial charge in [0.25, 0.3) is 0 Å². The van der Waals surface area contributed by atoms with E-state index in [1.807, 2.05) is 29.6 Å². The lowest BCUT2D eigenvalue weighted by Crippen LogP contribution is -2.07. The van der Waals surface area contributed by atoms with Crippen molar-refractivity contribution in [2.75, 3.05) is 7.11 Å². The Hall–Kier alpha value is -3.11. The number of thiophene rings is 1. The average Bonchev–Trinajstić information content (AvgIpc) is 3.46. The average molecular weight is 399 g/mol. The van der Waals surface area contributed by atoms with E-state index in [1.54, 1.807) is 18.6 Å². The summed E-state index contributed by atoms with van der Waals surface area (Å²) in [6.45, 7) is 0.0808. The van der Waals surface area contributed by atoms with Gasteiger partial charge in [0.2, 0.25) is 0 Å². The first kappa shape index (κ1) is 17.3. The van der Waals surface area contributed by atoms with E-state index >= 15 is 0 Å². The van der Waals surface area contributed by atoms with Gasteiger partial charge in [-0.1, -0.05) is 12.1 Å². The van der Waals surface area contributed by atoms with Gasteiger partial charge in [0.15, 0.2) is 0 Å². The second-order valence-corrected chi connectivity index (χ2v) is 7.08. The SMILES string of the molecule is COc1ccccc1-c1nc(COC(=O)c2sccc2-n2cnnn2)cs1. The zero-order valence-electron chi connectivity index (χ0n) is 14.1. The number of para-hydroxylation sites is 1. The lowest BCUT2D eigenvalue weighted by atomic mass is 10.2. The van der Waals surface area contributed by atoms with Gasteiger partial charge in [-0.2, -0.15) is 4.68 Å². The Morgan fingerprint density at radius 3 is 2.93 bits per heavy atom. The maximum absolute atomic E-state index is 12.4. The summed E-state index contributed by atoms with van der Waals surface area (Å²) in [5.41, 5.74) is 2.17. The maximum atomic E-state index is 12.4. The number of hydrogen-bond acceptors (Lipinski definition) is 9. The van der Waals surface area contributed by atoms with E-state index in [0.717, 1.165) is 16.3 Å². The maximum Gasteiger partial charge on any atom is 0.350 e. The number of esters is 1. The minimum Gasteiger partial charge on any atom is -0.496 e. The van der Waals surface area contributed by atoms with E-state index in [4.69, 9.17) is 9.47 Å². The molecule has 4 rings (SSSR count). The second-order valence-electron chi connectivity index (χ2n) is 5.31. The fourth-order valence-electron chi connectivity index (χ4n) is 2.43. The van der Waals surface area contributed by atoms with Gasteiger partial charge in [-0.15, -0.1) is 27.8 Å². The van der Waals surface area contributed by atoms with Crippen molar-refractivity contribution in [2.24, 2.45) is 0 Å². The second kappa shape index (κ2) is 7.64. The summed E-state index contributed by atoms with van der Waals surface area (Å²) >= 11 is 2.74. The van der Waals surface area contributed by atoms with Gasteiger partial charge in [0.1, 0.15) is 28.6 Å². The van der Waals surface area contributed by atoms with Gasteiger partial charge in [-0.3, -0.25) is 0 Å². The molecular formula is C17H13N5O3S2. The molecule has 3 aromatic heterocycles. The van der Waals surface area contributed by atoms with Crippen LogP contribution in [0.1, 0.15) is 15.4 Å². The van der Waals surface area contributed by atoms with Gasteiger partial charge in [-0.05, 0) is 34.0 Å². The third-order valence-corrected chi connectivity index (χ3v) is 5.47. The molecule has 0 saturated carbocycles. The molecule has 0 aliphatic heterocycles. The molecule has 0 atom stereocenters. The van der Waals surface area contributed by atoms with Gasteiger partial charge in [-0.25, -0.2) is 9.78 Å². The number of aromatic nitrogens is 5. The quantitative estimate of drug-likeness (QED) is 0.460. The van der Waals surface area contributed by atoms with Gasteiger partial charge >= 0.3 is 5.97 Å². The molecule has 0 aliphatic carbocycles. The first-order valence-electron chi connectivity index (χ1n) is 7.82. The Labute approximate surface area is 162 Å². The van der Waals surface area contributed by atoms with Crippen LogP contribution in [0.4, 0.5) is 0 Å². The van der Waals surface area contributed by atoms with Gasteiger partial charge < -0.3 is 9.47 Å². The van der Waals surface area contributed by atoms with Crippen molar-refractivity contribution < 1.29 is 14.3 Å². The standard InChI is InChI=1S/C17H13N5O3S2/c1-24-14-5-3-2-4-12(14)16-19-11(9-27-16)8-25-17(23)15-13(6-7-26-15)22-10-18-20-21-22/h2-7,9-10H,8H2,1H3. The number of benzene rings is 1. The van der Waals surface area contributed by atoms with Crippen molar-refractivity contribution in [1.82, 2.24) is 25.2 Å². The third-order valence-electron chi connectivity index (χ3n) is 3.67. The number of hydrogen-bond donors (Lipinski definition) is 0. The molecule has 0 radical (unpaired) electrons. The highest BCUT2D eigenvalue weighted by molar-refractivity contribution is 7.13. The van der Waals surface area contributed by atoms with Crippen molar-refractivity contribution in [2.45, 2.75) is 6.61 Å². The highest BCUT2D eigenvalue weighted by atomic mass is 32.1. The lowest BCUT2D eigenvalue weighted by Gasteiger charge is -2.05. The Morgan fingerprint density at radius 2 is 2.11 bits per heavy atom. The van der Waals surface area contributed by atoms with Crippen molar-refractivity contribution in [3.63, 3.8) is 0 Å². The molecule has 136 valence electrons. The van der Waals surface area contributed by atoms with Crippen LogP contribution in [0.15, 0.2) is 47.4 Å². The monoisotopic (exact) mass is 399 g/mol. The molecule has 27 heavy (non-hydrogen) atoms. The van der Waals surface area contributed by atoms with Crippen LogP contribution in [-0.4, -0.2) is 38.3 Å². The predicted octanol–water partition coefficient (Wildman–Crippen LogP) is 3.21. The molecule has 0 spiro atoms. The molecule has 0 bridgehead atoms. The molecular weight excluding hydrogens is 386 g/mol. The van der Waals surface area contributed by atoms with E-state index in [9.17, 15) is 4.79 Å². The summed E-state index contributed by atoms with van der Waals surface area (Å²) in [5.74, 6) is 0.308. The summed E-state index contributed by atoms with van der Waals surface area (Å²) < 4.78 is 12.2.